The van der Waals surface area contributed by atoms with Crippen molar-refractivity contribution in [2.75, 3.05) is 0 Å². The van der Waals surface area contributed by atoms with Gasteiger partial charge in [0.05, 0.1) is 0 Å². The zero-order chi connectivity index (χ0) is 7.82. The summed E-state index contributed by atoms with van der Waals surface area (Å²) >= 11 is 10.8. The van der Waals surface area contributed by atoms with Gasteiger partial charge in [-0.1, -0.05) is 23.2 Å². The van der Waals surface area contributed by atoms with Crippen molar-refractivity contribution in [1.82, 2.24) is 0 Å². The fourth-order valence-electron chi connectivity index (χ4n) is 0.310. The molecule has 10 heavy (non-hydrogen) atoms. The monoisotopic (exact) mass is 174 g/mol. The highest BCUT2D eigenvalue weighted by atomic mass is 35.5. The van der Waals surface area contributed by atoms with Crippen molar-refractivity contribution in [1.29, 1.82) is 0 Å². The molecule has 0 radical (unpaired) electrons. The lowest BCUT2D eigenvalue weighted by molar-refractivity contribution is 1.66. The van der Waals surface area contributed by atoms with E-state index in [-0.39, 0.29) is 0 Å². The van der Waals surface area contributed by atoms with Crippen LogP contribution in [0.4, 0.5) is 0 Å². The van der Waals surface area contributed by atoms with E-state index in [2.05, 4.69) is 5.73 Å². The first-order valence-corrected chi connectivity index (χ1v) is 3.59. The third-order valence-electron chi connectivity index (χ3n) is 0.674. The predicted molar refractivity (Wildman–Crippen MR) is 47.3 cm³/mol. The third kappa shape index (κ3) is 7.58. The Labute approximate surface area is 71.1 Å². The van der Waals surface area contributed by atoms with Crippen LogP contribution < -0.4 is 0 Å². The zero-order valence-corrected chi connectivity index (χ0v) is 7.15. The Hall–Kier alpha value is -0.420. The van der Waals surface area contributed by atoms with Crippen molar-refractivity contribution in [3.63, 3.8) is 0 Å². The van der Waals surface area contributed by atoms with Gasteiger partial charge in [-0.25, -0.2) is 0 Å². The molecule has 0 heterocycles. The molecule has 0 aliphatic rings. The predicted octanol–water partition coefficient (Wildman–Crippen LogP) is 3.59. The zero-order valence-electron chi connectivity index (χ0n) is 5.64. The summed E-state index contributed by atoms with van der Waals surface area (Å²) in [5.74, 6) is 0. The van der Waals surface area contributed by atoms with E-state index in [1.54, 1.807) is 31.2 Å². The largest absolute Gasteiger partial charge is 0.121 e. The lowest BCUT2D eigenvalue weighted by atomic mass is 10.4. The smallest absolute Gasteiger partial charge is 0.0156 e. The number of rotatable bonds is 2. The molecule has 0 N–H and O–H groups in total. The third-order valence-corrected chi connectivity index (χ3v) is 0.946. The molecule has 0 aliphatic heterocycles. The van der Waals surface area contributed by atoms with Gasteiger partial charge in [-0.15, -0.1) is 5.73 Å². The summed E-state index contributed by atoms with van der Waals surface area (Å²) in [6, 6.07) is 0. The molecule has 0 spiro atoms. The van der Waals surface area contributed by atoms with Gasteiger partial charge >= 0.3 is 0 Å². The summed E-state index contributed by atoms with van der Waals surface area (Å²) < 4.78 is 0. The van der Waals surface area contributed by atoms with E-state index in [1.807, 2.05) is 0 Å². The van der Waals surface area contributed by atoms with Gasteiger partial charge < -0.3 is 0 Å². The average molecular weight is 175 g/mol. The van der Waals surface area contributed by atoms with Crippen molar-refractivity contribution in [3.05, 3.63) is 40.6 Å². The van der Waals surface area contributed by atoms with Crippen LogP contribution in [0.1, 0.15) is 6.92 Å². The van der Waals surface area contributed by atoms with Gasteiger partial charge in [-0.3, -0.25) is 0 Å². The van der Waals surface area contributed by atoms with E-state index >= 15 is 0 Å². The van der Waals surface area contributed by atoms with Crippen molar-refractivity contribution >= 4 is 23.2 Å². The van der Waals surface area contributed by atoms with Crippen LogP contribution in [-0.2, 0) is 0 Å². The maximum atomic E-state index is 5.52. The minimum absolute atomic E-state index is 0.732. The quantitative estimate of drug-likeness (QED) is 0.444. The van der Waals surface area contributed by atoms with Gasteiger partial charge in [0.2, 0.25) is 0 Å². The Kier molecular flexibility index (Phi) is 6.42. The van der Waals surface area contributed by atoms with Gasteiger partial charge in [0.15, 0.2) is 0 Å². The number of halogens is 2. The molecule has 0 saturated carbocycles. The Morgan fingerprint density at radius 3 is 2.60 bits per heavy atom. The van der Waals surface area contributed by atoms with Crippen molar-refractivity contribution in [2.45, 2.75) is 6.92 Å². The lowest BCUT2D eigenvalue weighted by Gasteiger charge is -1.73. The molecule has 0 atom stereocenters. The average Bonchev–Trinajstić information content (AvgIpc) is 1.87. The molecule has 0 fully saturated rings. The molecule has 0 nitrogen and oxygen atoms in total. The molecule has 0 unspecified atom stereocenters. The van der Waals surface area contributed by atoms with E-state index in [0.29, 0.717) is 0 Å². The van der Waals surface area contributed by atoms with E-state index in [9.17, 15) is 0 Å². The Bertz CT molecular complexity index is 189. The van der Waals surface area contributed by atoms with E-state index in [4.69, 9.17) is 23.2 Å². The SMILES string of the molecule is C/C(Cl)=C\C=C=C/C=C/Cl. The van der Waals surface area contributed by atoms with Crippen LogP contribution in [0.15, 0.2) is 40.6 Å². The summed E-state index contributed by atoms with van der Waals surface area (Å²) in [5, 5.41) is 0.732. The molecule has 0 saturated heterocycles. The first-order chi connectivity index (χ1) is 4.77. The molecule has 0 amide bonds. The lowest BCUT2D eigenvalue weighted by Crippen LogP contribution is -1.51. The van der Waals surface area contributed by atoms with Crippen LogP contribution in [0.2, 0.25) is 0 Å². The standard InChI is InChI=1S/C8H8Cl2/c1-8(10)6-4-2-3-5-7-9/h3-7H,1H3/b7-5+,8-6+. The van der Waals surface area contributed by atoms with Crippen LogP contribution >= 0.6 is 23.2 Å². The maximum absolute atomic E-state index is 5.52. The van der Waals surface area contributed by atoms with Gasteiger partial charge in [-0.2, -0.15) is 0 Å². The summed E-state index contributed by atoms with van der Waals surface area (Å²) in [6.07, 6.45) is 6.85. The summed E-state index contributed by atoms with van der Waals surface area (Å²) in [7, 11) is 0. The molecule has 0 aliphatic carbocycles. The molecular formula is C8H8Cl2. The second-order valence-corrected chi connectivity index (χ2v) is 2.42. The molecule has 54 valence electrons. The van der Waals surface area contributed by atoms with Crippen molar-refractivity contribution in [3.8, 4) is 0 Å². The second kappa shape index (κ2) is 6.70. The molecule has 0 aromatic carbocycles. The van der Waals surface area contributed by atoms with E-state index in [1.165, 1.54) is 5.54 Å². The van der Waals surface area contributed by atoms with Crippen molar-refractivity contribution < 1.29 is 0 Å². The molecule has 2 heteroatoms. The topological polar surface area (TPSA) is 0 Å². The number of hydrogen-bond donors (Lipinski definition) is 0. The first kappa shape index (κ1) is 9.58. The van der Waals surface area contributed by atoms with E-state index < -0.39 is 0 Å². The number of hydrogen-bond acceptors (Lipinski definition) is 0. The van der Waals surface area contributed by atoms with Gasteiger partial charge in [-0.05, 0) is 31.2 Å². The fourth-order valence-corrected chi connectivity index (χ4v) is 0.446. The Balaban J connectivity index is 3.87. The minimum Gasteiger partial charge on any atom is -0.121 e. The van der Waals surface area contributed by atoms with Crippen molar-refractivity contribution in [2.24, 2.45) is 0 Å². The van der Waals surface area contributed by atoms with Crippen LogP contribution in [0.25, 0.3) is 0 Å². The van der Waals surface area contributed by atoms with Gasteiger partial charge in [0.25, 0.3) is 0 Å². The van der Waals surface area contributed by atoms with Crippen LogP contribution in [0.5, 0.6) is 0 Å². The van der Waals surface area contributed by atoms with Crippen LogP contribution in [-0.4, -0.2) is 0 Å². The highest BCUT2D eigenvalue weighted by Gasteiger charge is 1.69. The van der Waals surface area contributed by atoms with Gasteiger partial charge in [0.1, 0.15) is 0 Å². The summed E-state index contributed by atoms with van der Waals surface area (Å²) in [6.45, 7) is 1.80. The normalized spacial score (nSPS) is 11.3. The molecule has 0 rings (SSSR count). The minimum atomic E-state index is 0.732. The second-order valence-electron chi connectivity index (χ2n) is 1.57. The number of allylic oxidation sites excluding steroid dienone is 4. The first-order valence-electron chi connectivity index (χ1n) is 2.77. The molecule has 0 aromatic rings. The maximum Gasteiger partial charge on any atom is 0.0156 e. The Morgan fingerprint density at radius 2 is 2.10 bits per heavy atom. The van der Waals surface area contributed by atoms with Gasteiger partial charge in [0, 0.05) is 10.6 Å². The summed E-state index contributed by atoms with van der Waals surface area (Å²) in [5.41, 5.74) is 4.25. The molecule has 0 aromatic heterocycles. The van der Waals surface area contributed by atoms with Crippen LogP contribution in [0.3, 0.4) is 0 Å². The van der Waals surface area contributed by atoms with E-state index in [0.717, 1.165) is 5.03 Å². The van der Waals surface area contributed by atoms with Crippen LogP contribution in [0, 0.1) is 0 Å². The fraction of sp³-hybridized carbons (Fsp3) is 0.125. The molecule has 0 bridgehead atoms. The Morgan fingerprint density at radius 1 is 1.40 bits per heavy atom. The molecular weight excluding hydrogens is 167 g/mol. The highest BCUT2D eigenvalue weighted by molar-refractivity contribution is 6.29. The highest BCUT2D eigenvalue weighted by Crippen LogP contribution is 1.96. The summed E-state index contributed by atoms with van der Waals surface area (Å²) in [4.78, 5) is 0.